The standard InChI is InChI=1S/C8H12N2OS/c1-4-5(2)12-7(9)6(4)8(11)10-3/h9H2,1-3H3,(H,10,11). The lowest BCUT2D eigenvalue weighted by molar-refractivity contribution is 0.0963. The number of aryl methyl sites for hydroxylation is 1. The summed E-state index contributed by atoms with van der Waals surface area (Å²) in [4.78, 5) is 12.4. The molecule has 0 aliphatic carbocycles. The number of anilines is 1. The van der Waals surface area contributed by atoms with Gasteiger partial charge in [0.25, 0.3) is 5.91 Å². The minimum atomic E-state index is -0.102. The van der Waals surface area contributed by atoms with Crippen LogP contribution in [0.2, 0.25) is 0 Å². The van der Waals surface area contributed by atoms with Crippen LogP contribution in [-0.4, -0.2) is 13.0 Å². The van der Waals surface area contributed by atoms with Crippen LogP contribution in [0.4, 0.5) is 5.00 Å². The molecule has 1 aromatic rings. The van der Waals surface area contributed by atoms with E-state index in [1.807, 2.05) is 13.8 Å². The summed E-state index contributed by atoms with van der Waals surface area (Å²) in [6.45, 7) is 3.87. The summed E-state index contributed by atoms with van der Waals surface area (Å²) in [5, 5.41) is 3.17. The van der Waals surface area contributed by atoms with E-state index in [-0.39, 0.29) is 5.91 Å². The Balaban J connectivity index is 3.22. The van der Waals surface area contributed by atoms with Gasteiger partial charge in [-0.05, 0) is 19.4 Å². The average molecular weight is 184 g/mol. The smallest absolute Gasteiger partial charge is 0.254 e. The van der Waals surface area contributed by atoms with Gasteiger partial charge in [0.05, 0.1) is 10.6 Å². The van der Waals surface area contributed by atoms with E-state index >= 15 is 0 Å². The van der Waals surface area contributed by atoms with Crippen LogP contribution >= 0.6 is 11.3 Å². The molecule has 0 unspecified atom stereocenters. The van der Waals surface area contributed by atoms with E-state index in [2.05, 4.69) is 5.32 Å². The molecule has 4 heteroatoms. The molecule has 1 amide bonds. The summed E-state index contributed by atoms with van der Waals surface area (Å²) in [5.74, 6) is -0.102. The van der Waals surface area contributed by atoms with Gasteiger partial charge in [0.15, 0.2) is 0 Å². The highest BCUT2D eigenvalue weighted by Crippen LogP contribution is 2.29. The SMILES string of the molecule is CNC(=O)c1c(N)sc(C)c1C. The van der Waals surface area contributed by atoms with Crippen molar-refractivity contribution >= 4 is 22.2 Å². The maximum absolute atomic E-state index is 11.3. The van der Waals surface area contributed by atoms with Gasteiger partial charge < -0.3 is 11.1 Å². The molecule has 0 spiro atoms. The van der Waals surface area contributed by atoms with Crippen LogP contribution in [-0.2, 0) is 0 Å². The predicted octanol–water partition coefficient (Wildman–Crippen LogP) is 1.31. The van der Waals surface area contributed by atoms with Crippen LogP contribution in [0.1, 0.15) is 20.8 Å². The van der Waals surface area contributed by atoms with E-state index in [4.69, 9.17) is 5.73 Å². The summed E-state index contributed by atoms with van der Waals surface area (Å²) in [7, 11) is 1.61. The number of nitrogens with two attached hydrogens (primary N) is 1. The van der Waals surface area contributed by atoms with Gasteiger partial charge in [-0.3, -0.25) is 4.79 Å². The number of carbonyl (C=O) groups is 1. The van der Waals surface area contributed by atoms with Crippen LogP contribution in [0.15, 0.2) is 0 Å². The molecule has 0 fully saturated rings. The first-order valence-electron chi connectivity index (χ1n) is 3.65. The van der Waals surface area contributed by atoms with E-state index in [0.29, 0.717) is 10.6 Å². The zero-order valence-electron chi connectivity index (χ0n) is 7.39. The lowest BCUT2D eigenvalue weighted by Gasteiger charge is -1.99. The van der Waals surface area contributed by atoms with E-state index in [1.54, 1.807) is 7.05 Å². The predicted molar refractivity (Wildman–Crippen MR) is 51.6 cm³/mol. The first kappa shape index (κ1) is 9.06. The molecule has 0 aliphatic rings. The van der Waals surface area contributed by atoms with Gasteiger partial charge in [0, 0.05) is 11.9 Å². The number of nitrogens with one attached hydrogen (secondary N) is 1. The molecule has 3 N–H and O–H groups in total. The number of carbonyl (C=O) groups excluding carboxylic acids is 1. The second kappa shape index (κ2) is 3.15. The molecule has 0 saturated heterocycles. The molecular formula is C8H12N2OS. The highest BCUT2D eigenvalue weighted by molar-refractivity contribution is 7.16. The van der Waals surface area contributed by atoms with Crippen LogP contribution in [0, 0.1) is 13.8 Å². The molecule has 3 nitrogen and oxygen atoms in total. The van der Waals surface area contributed by atoms with Crippen molar-refractivity contribution in [1.82, 2.24) is 5.32 Å². The average Bonchev–Trinajstić information content (AvgIpc) is 2.26. The van der Waals surface area contributed by atoms with Gasteiger partial charge in [-0.25, -0.2) is 0 Å². The number of nitrogen functional groups attached to an aromatic ring is 1. The fourth-order valence-electron chi connectivity index (χ4n) is 1.06. The topological polar surface area (TPSA) is 55.1 Å². The Morgan fingerprint density at radius 1 is 1.50 bits per heavy atom. The molecule has 0 radical (unpaired) electrons. The summed E-state index contributed by atoms with van der Waals surface area (Å²) < 4.78 is 0. The minimum absolute atomic E-state index is 0.102. The molecule has 1 rings (SSSR count). The summed E-state index contributed by atoms with van der Waals surface area (Å²) in [6, 6.07) is 0. The Bertz CT molecular complexity index is 317. The Morgan fingerprint density at radius 3 is 2.42 bits per heavy atom. The highest BCUT2D eigenvalue weighted by Gasteiger charge is 2.15. The van der Waals surface area contributed by atoms with Gasteiger partial charge in [0.2, 0.25) is 0 Å². The molecule has 0 atom stereocenters. The molecule has 1 heterocycles. The zero-order valence-corrected chi connectivity index (χ0v) is 8.21. The Kier molecular flexibility index (Phi) is 2.38. The van der Waals surface area contributed by atoms with Crippen LogP contribution in [0.3, 0.4) is 0 Å². The Hall–Kier alpha value is -1.03. The van der Waals surface area contributed by atoms with Crippen molar-refractivity contribution in [3.8, 4) is 0 Å². The third-order valence-electron chi connectivity index (χ3n) is 1.87. The van der Waals surface area contributed by atoms with Gasteiger partial charge in [-0.15, -0.1) is 11.3 Å². The van der Waals surface area contributed by atoms with Gasteiger partial charge in [-0.1, -0.05) is 0 Å². The first-order valence-corrected chi connectivity index (χ1v) is 4.47. The van der Waals surface area contributed by atoms with Crippen molar-refractivity contribution in [2.75, 3.05) is 12.8 Å². The molecule has 0 aromatic carbocycles. The third-order valence-corrected chi connectivity index (χ3v) is 2.90. The molecule has 66 valence electrons. The van der Waals surface area contributed by atoms with Gasteiger partial charge in [-0.2, -0.15) is 0 Å². The van der Waals surface area contributed by atoms with Crippen molar-refractivity contribution in [2.24, 2.45) is 0 Å². The number of thiophene rings is 1. The number of amides is 1. The van der Waals surface area contributed by atoms with Crippen molar-refractivity contribution in [3.63, 3.8) is 0 Å². The lowest BCUT2D eigenvalue weighted by atomic mass is 10.1. The Morgan fingerprint density at radius 2 is 2.08 bits per heavy atom. The lowest BCUT2D eigenvalue weighted by Crippen LogP contribution is -2.19. The van der Waals surface area contributed by atoms with Crippen LogP contribution < -0.4 is 11.1 Å². The highest BCUT2D eigenvalue weighted by atomic mass is 32.1. The fraction of sp³-hybridized carbons (Fsp3) is 0.375. The first-order chi connectivity index (χ1) is 5.57. The van der Waals surface area contributed by atoms with Gasteiger partial charge >= 0.3 is 0 Å². The normalized spacial score (nSPS) is 9.92. The number of hydrogen-bond donors (Lipinski definition) is 2. The Labute approximate surface area is 75.6 Å². The molecular weight excluding hydrogens is 172 g/mol. The molecule has 0 saturated carbocycles. The number of rotatable bonds is 1. The van der Waals surface area contributed by atoms with Crippen LogP contribution in [0.25, 0.3) is 0 Å². The fourth-order valence-corrected chi connectivity index (χ4v) is 1.99. The summed E-state index contributed by atoms with van der Waals surface area (Å²) in [5.41, 5.74) is 7.28. The van der Waals surface area contributed by atoms with Crippen molar-refractivity contribution in [3.05, 3.63) is 16.0 Å². The summed E-state index contributed by atoms with van der Waals surface area (Å²) >= 11 is 1.46. The molecule has 0 aliphatic heterocycles. The van der Waals surface area contributed by atoms with E-state index in [1.165, 1.54) is 11.3 Å². The monoisotopic (exact) mass is 184 g/mol. The quantitative estimate of drug-likeness (QED) is 0.691. The van der Waals surface area contributed by atoms with Crippen molar-refractivity contribution in [2.45, 2.75) is 13.8 Å². The second-order valence-corrected chi connectivity index (χ2v) is 3.86. The molecule has 12 heavy (non-hydrogen) atoms. The second-order valence-electron chi connectivity index (χ2n) is 2.60. The van der Waals surface area contributed by atoms with Crippen molar-refractivity contribution < 1.29 is 4.79 Å². The molecule has 0 bridgehead atoms. The largest absolute Gasteiger partial charge is 0.390 e. The van der Waals surface area contributed by atoms with Crippen LogP contribution in [0.5, 0.6) is 0 Å². The van der Waals surface area contributed by atoms with E-state index in [0.717, 1.165) is 10.4 Å². The zero-order chi connectivity index (χ0) is 9.30. The molecule has 1 aromatic heterocycles. The van der Waals surface area contributed by atoms with E-state index in [9.17, 15) is 4.79 Å². The van der Waals surface area contributed by atoms with Gasteiger partial charge in [0.1, 0.15) is 0 Å². The number of hydrogen-bond acceptors (Lipinski definition) is 3. The third kappa shape index (κ3) is 1.30. The van der Waals surface area contributed by atoms with E-state index < -0.39 is 0 Å². The summed E-state index contributed by atoms with van der Waals surface area (Å²) in [6.07, 6.45) is 0. The van der Waals surface area contributed by atoms with Crippen molar-refractivity contribution in [1.29, 1.82) is 0 Å². The minimum Gasteiger partial charge on any atom is -0.390 e. The maximum atomic E-state index is 11.3. The maximum Gasteiger partial charge on any atom is 0.254 e.